The number of aromatic nitrogens is 1. The Labute approximate surface area is 211 Å². The zero-order chi connectivity index (χ0) is 24.9. The molecule has 6 atom stereocenters. The third kappa shape index (κ3) is 4.51. The van der Waals surface area contributed by atoms with Gasteiger partial charge >= 0.3 is 0 Å². The average Bonchev–Trinajstić information content (AvgIpc) is 3.56. The molecule has 1 heterocycles. The van der Waals surface area contributed by atoms with Gasteiger partial charge in [-0.05, 0) is 61.5 Å². The van der Waals surface area contributed by atoms with Crippen LogP contribution in [-0.4, -0.2) is 42.4 Å². The van der Waals surface area contributed by atoms with Crippen LogP contribution in [0.2, 0.25) is 0 Å². The maximum absolute atomic E-state index is 12.8. The lowest BCUT2D eigenvalue weighted by atomic mass is 9.53. The summed E-state index contributed by atoms with van der Waals surface area (Å²) in [7, 11) is 3.30. The van der Waals surface area contributed by atoms with E-state index in [4.69, 9.17) is 14.5 Å². The van der Waals surface area contributed by atoms with Crippen molar-refractivity contribution < 1.29 is 19.4 Å². The lowest BCUT2D eigenvalue weighted by Crippen LogP contribution is -2.53. The fourth-order valence-electron chi connectivity index (χ4n) is 6.38. The number of benzene rings is 1. The van der Waals surface area contributed by atoms with Gasteiger partial charge in [0, 0.05) is 28.8 Å². The lowest BCUT2D eigenvalue weighted by Gasteiger charge is -2.53. The minimum Gasteiger partial charge on any atom is -0.497 e. The summed E-state index contributed by atoms with van der Waals surface area (Å²) in [5, 5.41) is 19.0. The summed E-state index contributed by atoms with van der Waals surface area (Å²) in [5.74, 6) is 1.55. The molecule has 3 aliphatic rings. The largest absolute Gasteiger partial charge is 0.497 e. The van der Waals surface area contributed by atoms with E-state index in [1.807, 2.05) is 25.1 Å². The molecule has 2 saturated carbocycles. The molecule has 0 bridgehead atoms. The van der Waals surface area contributed by atoms with Gasteiger partial charge in [0.05, 0.1) is 31.7 Å². The van der Waals surface area contributed by atoms with Crippen molar-refractivity contribution in [2.24, 2.45) is 23.2 Å². The SMILES string of the molecule is COc1ccc(OC)c(Nc2nc3c(s2)CC2(C)CCC(C(C)C(=O)NC4CC4)C(O)C2C3C)c1. The van der Waals surface area contributed by atoms with Crippen LogP contribution in [0, 0.1) is 23.2 Å². The van der Waals surface area contributed by atoms with Crippen molar-refractivity contribution in [3.05, 3.63) is 28.8 Å². The van der Waals surface area contributed by atoms with E-state index in [0.717, 1.165) is 60.1 Å². The molecule has 2 aromatic rings. The number of aliphatic hydroxyl groups is 1. The van der Waals surface area contributed by atoms with E-state index >= 15 is 0 Å². The first kappa shape index (κ1) is 24.4. The van der Waals surface area contributed by atoms with Gasteiger partial charge in [-0.15, -0.1) is 11.3 Å². The summed E-state index contributed by atoms with van der Waals surface area (Å²) in [6.45, 7) is 6.49. The van der Waals surface area contributed by atoms with Crippen molar-refractivity contribution in [2.75, 3.05) is 19.5 Å². The number of hydrogen-bond acceptors (Lipinski definition) is 7. The van der Waals surface area contributed by atoms with Gasteiger partial charge in [0.2, 0.25) is 5.91 Å². The molecule has 0 aliphatic heterocycles. The first-order chi connectivity index (χ1) is 16.7. The molecule has 1 aromatic carbocycles. The Hall–Kier alpha value is -2.32. The highest BCUT2D eigenvalue weighted by atomic mass is 32.1. The van der Waals surface area contributed by atoms with Gasteiger partial charge in [-0.3, -0.25) is 4.79 Å². The fraction of sp³-hybridized carbons (Fsp3) is 0.630. The van der Waals surface area contributed by atoms with Gasteiger partial charge in [-0.2, -0.15) is 0 Å². The minimum atomic E-state index is -0.520. The number of rotatable bonds is 7. The summed E-state index contributed by atoms with van der Waals surface area (Å²) >= 11 is 1.68. The molecular formula is C27H37N3O4S. The number of anilines is 2. The maximum Gasteiger partial charge on any atom is 0.223 e. The quantitative estimate of drug-likeness (QED) is 0.503. The minimum absolute atomic E-state index is 0.00746. The molecule has 6 unspecified atom stereocenters. The van der Waals surface area contributed by atoms with Crippen molar-refractivity contribution in [3.63, 3.8) is 0 Å². The summed E-state index contributed by atoms with van der Waals surface area (Å²) in [5.41, 5.74) is 1.87. The van der Waals surface area contributed by atoms with Gasteiger partial charge < -0.3 is 25.2 Å². The van der Waals surface area contributed by atoms with Crippen LogP contribution in [0.5, 0.6) is 11.5 Å². The molecular weight excluding hydrogens is 462 g/mol. The molecule has 1 amide bonds. The van der Waals surface area contributed by atoms with Crippen molar-refractivity contribution in [2.45, 2.75) is 70.9 Å². The zero-order valence-corrected chi connectivity index (χ0v) is 22.1. The van der Waals surface area contributed by atoms with Crippen molar-refractivity contribution in [1.29, 1.82) is 0 Å². The predicted molar refractivity (Wildman–Crippen MR) is 138 cm³/mol. The Morgan fingerprint density at radius 1 is 1.26 bits per heavy atom. The summed E-state index contributed by atoms with van der Waals surface area (Å²) < 4.78 is 10.9. The number of aliphatic hydroxyl groups excluding tert-OH is 1. The smallest absolute Gasteiger partial charge is 0.223 e. The Bertz CT molecular complexity index is 1100. The van der Waals surface area contributed by atoms with Crippen LogP contribution < -0.4 is 20.1 Å². The number of ether oxygens (including phenoxy) is 2. The molecule has 35 heavy (non-hydrogen) atoms. The van der Waals surface area contributed by atoms with Gasteiger partial charge in [-0.1, -0.05) is 20.8 Å². The van der Waals surface area contributed by atoms with E-state index in [1.165, 1.54) is 4.88 Å². The Kier molecular flexibility index (Phi) is 6.46. The van der Waals surface area contributed by atoms with Crippen molar-refractivity contribution in [1.82, 2.24) is 10.3 Å². The first-order valence-electron chi connectivity index (χ1n) is 12.7. The normalized spacial score (nSPS) is 30.6. The Balaban J connectivity index is 1.38. The Morgan fingerprint density at radius 3 is 2.71 bits per heavy atom. The second-order valence-corrected chi connectivity index (χ2v) is 12.0. The Morgan fingerprint density at radius 2 is 2.03 bits per heavy atom. The highest BCUT2D eigenvalue weighted by molar-refractivity contribution is 7.15. The number of nitrogens with zero attached hydrogens (tertiary/aromatic N) is 1. The number of hydrogen-bond donors (Lipinski definition) is 3. The number of methoxy groups -OCH3 is 2. The van der Waals surface area contributed by atoms with Crippen LogP contribution >= 0.6 is 11.3 Å². The van der Waals surface area contributed by atoms with E-state index in [2.05, 4.69) is 24.5 Å². The first-order valence-corrected chi connectivity index (χ1v) is 13.5. The molecule has 3 N–H and O–H groups in total. The van der Waals surface area contributed by atoms with Gasteiger partial charge in [0.25, 0.3) is 0 Å². The van der Waals surface area contributed by atoms with E-state index < -0.39 is 6.10 Å². The summed E-state index contributed by atoms with van der Waals surface area (Å²) in [4.78, 5) is 19.0. The van der Waals surface area contributed by atoms with Crippen LogP contribution in [0.4, 0.5) is 10.8 Å². The number of carbonyl (C=O) groups excluding carboxylic acids is 1. The second kappa shape index (κ2) is 9.28. The topological polar surface area (TPSA) is 92.7 Å². The number of carbonyl (C=O) groups is 1. The highest BCUT2D eigenvalue weighted by Crippen LogP contribution is 2.57. The van der Waals surface area contributed by atoms with E-state index in [-0.39, 0.29) is 35.0 Å². The third-order valence-electron chi connectivity index (χ3n) is 8.55. The molecule has 190 valence electrons. The molecule has 0 radical (unpaired) electrons. The van der Waals surface area contributed by atoms with E-state index in [1.54, 1.807) is 25.6 Å². The van der Waals surface area contributed by atoms with Gasteiger partial charge in [-0.25, -0.2) is 4.98 Å². The van der Waals surface area contributed by atoms with E-state index in [0.29, 0.717) is 6.04 Å². The van der Waals surface area contributed by atoms with Gasteiger partial charge in [0.15, 0.2) is 5.13 Å². The van der Waals surface area contributed by atoms with Crippen LogP contribution in [0.25, 0.3) is 0 Å². The van der Waals surface area contributed by atoms with Crippen LogP contribution in [0.3, 0.4) is 0 Å². The van der Waals surface area contributed by atoms with E-state index in [9.17, 15) is 9.90 Å². The summed E-state index contributed by atoms with van der Waals surface area (Å²) in [6, 6.07) is 6.00. The van der Waals surface area contributed by atoms with Crippen molar-refractivity contribution in [3.8, 4) is 11.5 Å². The molecule has 2 fully saturated rings. The molecule has 5 rings (SSSR count). The average molecular weight is 500 g/mol. The standard InChI is InChI=1S/C27H37N3O4S/c1-14(25(32)28-16-6-7-16)18-10-11-27(3)13-21-23(15(2)22(27)24(18)31)30-26(35-21)29-19-12-17(33-4)8-9-20(19)34-5/h8-9,12,14-16,18,22,24,31H,6-7,10-11,13H2,1-5H3,(H,28,32)(H,29,30). The molecule has 8 heteroatoms. The molecule has 0 saturated heterocycles. The van der Waals surface area contributed by atoms with Gasteiger partial charge in [0.1, 0.15) is 11.5 Å². The molecule has 0 spiro atoms. The van der Waals surface area contributed by atoms with Crippen LogP contribution in [0.15, 0.2) is 18.2 Å². The van der Waals surface area contributed by atoms with Crippen LogP contribution in [-0.2, 0) is 11.2 Å². The third-order valence-corrected chi connectivity index (χ3v) is 9.54. The van der Waals surface area contributed by atoms with Crippen molar-refractivity contribution >= 4 is 28.1 Å². The number of thiazole rings is 1. The lowest BCUT2D eigenvalue weighted by molar-refractivity contribution is -0.134. The fourth-order valence-corrected chi connectivity index (χ4v) is 7.66. The number of nitrogens with one attached hydrogen (secondary N) is 2. The highest BCUT2D eigenvalue weighted by Gasteiger charge is 2.54. The molecule has 3 aliphatic carbocycles. The predicted octanol–water partition coefficient (Wildman–Crippen LogP) is 4.87. The molecule has 1 aromatic heterocycles. The summed E-state index contributed by atoms with van der Waals surface area (Å²) in [6.07, 6.45) is 4.42. The second-order valence-electron chi connectivity index (χ2n) is 10.9. The number of fused-ring (bicyclic) bond motifs is 2. The molecule has 7 nitrogen and oxygen atoms in total. The zero-order valence-electron chi connectivity index (χ0n) is 21.3. The maximum atomic E-state index is 12.8. The monoisotopic (exact) mass is 499 g/mol. The number of amides is 1. The van der Waals surface area contributed by atoms with Crippen LogP contribution in [0.1, 0.15) is 62.9 Å².